The Morgan fingerprint density at radius 2 is 1.98 bits per heavy atom. The molecular formula is C22H29N9O8S2. The summed E-state index contributed by atoms with van der Waals surface area (Å²) in [6.07, 6.45) is -1.55. The molecule has 1 aromatic rings. The van der Waals surface area contributed by atoms with Gasteiger partial charge in [-0.2, -0.15) is 5.10 Å². The molecule has 0 bridgehead atoms. The number of guanidine groups is 1. The number of hydrogen-bond acceptors (Lipinski definition) is 15. The van der Waals surface area contributed by atoms with Gasteiger partial charge < -0.3 is 35.8 Å². The van der Waals surface area contributed by atoms with Crippen LogP contribution in [0.5, 0.6) is 0 Å². The van der Waals surface area contributed by atoms with Crippen molar-refractivity contribution in [3.05, 3.63) is 22.3 Å². The largest absolute Gasteiger partial charge is 0.511 e. The predicted molar refractivity (Wildman–Crippen MR) is 150 cm³/mol. The third-order valence-corrected chi connectivity index (χ3v) is 7.12. The Morgan fingerprint density at radius 1 is 1.24 bits per heavy atom. The third kappa shape index (κ3) is 7.63. The molecule has 41 heavy (non-hydrogen) atoms. The van der Waals surface area contributed by atoms with Crippen molar-refractivity contribution < 1.29 is 38.2 Å². The van der Waals surface area contributed by atoms with Gasteiger partial charge in [-0.15, -0.1) is 23.1 Å². The second kappa shape index (κ2) is 13.8. The van der Waals surface area contributed by atoms with Crippen molar-refractivity contribution in [3.8, 4) is 0 Å². The van der Waals surface area contributed by atoms with Gasteiger partial charge in [-0.3, -0.25) is 19.5 Å². The number of aromatic nitrogens is 1. The average Bonchev–Trinajstić information content (AvgIpc) is 3.34. The van der Waals surface area contributed by atoms with Crippen LogP contribution in [0.1, 0.15) is 26.5 Å². The Balaban J connectivity index is 1.82. The number of anilines is 1. The van der Waals surface area contributed by atoms with Crippen molar-refractivity contribution in [1.82, 2.24) is 20.6 Å². The number of thioether (sulfide) groups is 1. The number of nitrogens with two attached hydrogens (primary N) is 2. The SMILES string of the molecule is CN=C(N)N/N=C\C1=C(C(=O)OC(C)OC(=O)OC(C)C)N2C(=O)C(NC(=O)C(=NOC)c3csc(N)n3)[C@@H]2SC1. The van der Waals surface area contributed by atoms with Gasteiger partial charge in [0.05, 0.1) is 12.3 Å². The Kier molecular flexibility index (Phi) is 10.5. The zero-order chi connectivity index (χ0) is 30.3. The monoisotopic (exact) mass is 611 g/mol. The number of oxime groups is 1. The van der Waals surface area contributed by atoms with Crippen molar-refractivity contribution in [1.29, 1.82) is 0 Å². The highest BCUT2D eigenvalue weighted by atomic mass is 32.2. The molecule has 2 aliphatic heterocycles. The summed E-state index contributed by atoms with van der Waals surface area (Å²) in [5, 5.41) is 11.3. The van der Waals surface area contributed by atoms with Gasteiger partial charge >= 0.3 is 12.1 Å². The van der Waals surface area contributed by atoms with E-state index < -0.39 is 47.7 Å². The number of esters is 1. The van der Waals surface area contributed by atoms with E-state index in [4.69, 9.17) is 30.5 Å². The lowest BCUT2D eigenvalue weighted by Crippen LogP contribution is -2.71. The molecule has 0 saturated carbocycles. The molecule has 1 saturated heterocycles. The van der Waals surface area contributed by atoms with Gasteiger partial charge in [-0.25, -0.2) is 20.0 Å². The van der Waals surface area contributed by atoms with E-state index in [0.29, 0.717) is 5.57 Å². The first kappa shape index (κ1) is 31.1. The van der Waals surface area contributed by atoms with E-state index in [1.807, 2.05) is 0 Å². The molecule has 3 heterocycles. The summed E-state index contributed by atoms with van der Waals surface area (Å²) in [7, 11) is 2.70. The van der Waals surface area contributed by atoms with Crippen LogP contribution in [0.25, 0.3) is 0 Å². The number of thiazole rings is 1. The van der Waals surface area contributed by atoms with Gasteiger partial charge in [0.1, 0.15) is 29.9 Å². The lowest BCUT2D eigenvalue weighted by atomic mass is 10.0. The minimum Gasteiger partial charge on any atom is -0.431 e. The normalized spacial score (nSPS) is 19.9. The standard InChI is InChI=1S/C22H29N9O8S2/c1-9(2)37-22(35)39-10(3)38-19(34)15-11(6-26-29-20(23)25-4)7-40-18-14(17(33)31(15)18)28-16(32)13(30-36-5)12-8-41-21(24)27-12/h6,8-10,14,18H,7H2,1-5H3,(H2,24,27)(H,28,32)(H3,23,25,29)/b26-6-,30-13?/t10?,14?,18-/m0/s1. The number of ether oxygens (including phenoxy) is 3. The van der Waals surface area contributed by atoms with Crippen LogP contribution in [0.15, 0.2) is 31.9 Å². The summed E-state index contributed by atoms with van der Waals surface area (Å²) in [5.41, 5.74) is 13.8. The minimum atomic E-state index is -1.35. The maximum absolute atomic E-state index is 13.3. The van der Waals surface area contributed by atoms with Crippen molar-refractivity contribution in [2.24, 2.45) is 21.0 Å². The number of amides is 2. The van der Waals surface area contributed by atoms with Gasteiger partial charge in [-0.1, -0.05) is 5.16 Å². The number of rotatable bonds is 10. The van der Waals surface area contributed by atoms with Gasteiger partial charge in [0, 0.05) is 30.7 Å². The number of hydrogen-bond donors (Lipinski definition) is 4. The van der Waals surface area contributed by atoms with E-state index in [-0.39, 0.29) is 33.9 Å². The van der Waals surface area contributed by atoms with Crippen molar-refractivity contribution >= 4 is 70.1 Å². The number of aliphatic imine (C=N–C) groups is 1. The first-order valence-corrected chi connectivity index (χ1v) is 13.8. The summed E-state index contributed by atoms with van der Waals surface area (Å²) in [5.74, 6) is -2.13. The van der Waals surface area contributed by atoms with Crippen molar-refractivity contribution in [2.45, 2.75) is 44.6 Å². The summed E-state index contributed by atoms with van der Waals surface area (Å²) < 4.78 is 15.1. The van der Waals surface area contributed by atoms with Crippen LogP contribution < -0.4 is 22.2 Å². The second-order valence-corrected chi connectivity index (χ2v) is 10.4. The van der Waals surface area contributed by atoms with Crippen molar-refractivity contribution in [3.63, 3.8) is 0 Å². The lowest BCUT2D eigenvalue weighted by molar-refractivity contribution is -0.169. The fraction of sp³-hybridized carbons (Fsp3) is 0.455. The van der Waals surface area contributed by atoms with Gasteiger partial charge in [0.15, 0.2) is 10.8 Å². The number of fused-ring (bicyclic) bond motifs is 1. The number of carbonyl (C=O) groups is 4. The zero-order valence-corrected chi connectivity index (χ0v) is 24.3. The number of β-lactam (4-membered cyclic amide) rings is 1. The highest BCUT2D eigenvalue weighted by molar-refractivity contribution is 8.00. The van der Waals surface area contributed by atoms with Crippen LogP contribution in [0.2, 0.25) is 0 Å². The van der Waals surface area contributed by atoms with Gasteiger partial charge in [-0.05, 0) is 13.8 Å². The molecule has 1 fully saturated rings. The molecule has 0 radical (unpaired) electrons. The maximum Gasteiger partial charge on any atom is 0.511 e. The van der Waals surface area contributed by atoms with E-state index in [2.05, 4.69) is 31.0 Å². The molecular weight excluding hydrogens is 582 g/mol. The van der Waals surface area contributed by atoms with Gasteiger partial charge in [0.25, 0.3) is 11.8 Å². The summed E-state index contributed by atoms with van der Waals surface area (Å²) in [6.45, 7) is 4.56. The van der Waals surface area contributed by atoms with E-state index in [9.17, 15) is 19.2 Å². The Bertz CT molecular complexity index is 1310. The molecule has 19 heteroatoms. The van der Waals surface area contributed by atoms with Crippen molar-refractivity contribution in [2.75, 3.05) is 25.6 Å². The van der Waals surface area contributed by atoms with E-state index >= 15 is 0 Å². The van der Waals surface area contributed by atoms with Crippen LogP contribution in [0.4, 0.5) is 9.93 Å². The number of hydrazone groups is 1. The molecule has 2 unspecified atom stereocenters. The molecule has 222 valence electrons. The molecule has 0 aromatic carbocycles. The quantitative estimate of drug-likeness (QED) is 0.0665. The molecule has 2 amide bonds. The number of carbonyl (C=O) groups excluding carboxylic acids is 4. The fourth-order valence-corrected chi connectivity index (χ4v) is 5.29. The average molecular weight is 612 g/mol. The topological polar surface area (TPSA) is 235 Å². The van der Waals surface area contributed by atoms with Crippen LogP contribution in [-0.2, 0) is 33.4 Å². The highest BCUT2D eigenvalue weighted by Gasteiger charge is 2.55. The Hall–Kier alpha value is -4.39. The van der Waals surface area contributed by atoms with Crippen LogP contribution in [0.3, 0.4) is 0 Å². The molecule has 2 aliphatic rings. The maximum atomic E-state index is 13.3. The Morgan fingerprint density at radius 3 is 2.59 bits per heavy atom. The highest BCUT2D eigenvalue weighted by Crippen LogP contribution is 2.40. The van der Waals surface area contributed by atoms with E-state index in [1.54, 1.807) is 13.8 Å². The summed E-state index contributed by atoms with van der Waals surface area (Å²) >= 11 is 2.36. The first-order chi connectivity index (χ1) is 19.5. The first-order valence-electron chi connectivity index (χ1n) is 11.9. The summed E-state index contributed by atoms with van der Waals surface area (Å²) in [6, 6.07) is -1.03. The van der Waals surface area contributed by atoms with Crippen LogP contribution >= 0.6 is 23.1 Å². The van der Waals surface area contributed by atoms with Gasteiger partial charge in [0.2, 0.25) is 12.2 Å². The molecule has 3 rings (SSSR count). The molecule has 6 N–H and O–H groups in total. The fourth-order valence-electron chi connectivity index (χ4n) is 3.45. The predicted octanol–water partition coefficient (Wildman–Crippen LogP) is -0.299. The second-order valence-electron chi connectivity index (χ2n) is 8.41. The van der Waals surface area contributed by atoms with E-state index in [0.717, 1.165) is 16.2 Å². The van der Waals surface area contributed by atoms with Crippen LogP contribution in [-0.4, -0.2) is 95.4 Å². The number of nitrogens with zero attached hydrogens (tertiary/aromatic N) is 5. The summed E-state index contributed by atoms with van der Waals surface area (Å²) in [4.78, 5) is 65.0. The minimum absolute atomic E-state index is 0.0104. The van der Waals surface area contributed by atoms with Crippen LogP contribution in [0, 0.1) is 0 Å². The number of nitrogen functional groups attached to an aromatic ring is 1. The molecule has 17 nitrogen and oxygen atoms in total. The molecule has 3 atom stereocenters. The molecule has 1 aromatic heterocycles. The molecule has 0 aliphatic carbocycles. The Labute approximate surface area is 242 Å². The van der Waals surface area contributed by atoms with E-state index in [1.165, 1.54) is 44.4 Å². The lowest BCUT2D eigenvalue weighted by Gasteiger charge is -2.49. The third-order valence-electron chi connectivity index (χ3n) is 5.15. The zero-order valence-electron chi connectivity index (χ0n) is 22.6. The molecule has 0 spiro atoms. The smallest absolute Gasteiger partial charge is 0.431 e. The number of nitrogens with one attached hydrogen (secondary N) is 2.